The minimum Gasteiger partial charge on any atom is -0.447 e. The second-order valence-corrected chi connectivity index (χ2v) is 10.0. The summed E-state index contributed by atoms with van der Waals surface area (Å²) >= 11 is 3.63. The van der Waals surface area contributed by atoms with Crippen LogP contribution < -0.4 is 0 Å². The summed E-state index contributed by atoms with van der Waals surface area (Å²) in [5.74, 6) is 0.942. The number of nitrogens with zero attached hydrogens (tertiary/aromatic N) is 3. The van der Waals surface area contributed by atoms with Gasteiger partial charge >= 0.3 is 6.09 Å². The van der Waals surface area contributed by atoms with Crippen LogP contribution in [0.25, 0.3) is 0 Å². The lowest BCUT2D eigenvalue weighted by molar-refractivity contribution is -0.143. The van der Waals surface area contributed by atoms with Crippen molar-refractivity contribution in [2.45, 2.75) is 65.0 Å². The van der Waals surface area contributed by atoms with Gasteiger partial charge in [-0.05, 0) is 68.5 Å². The van der Waals surface area contributed by atoms with Crippen molar-refractivity contribution < 1.29 is 14.3 Å². The van der Waals surface area contributed by atoms with E-state index in [9.17, 15) is 9.59 Å². The SMILES string of the molecule is CC(C)OC(=O)N1CC2(C1)C(=O)N(Cc1nc3c([nH]1)CCCC3)C1=C2C=C(Br)CC1. The molecule has 0 aromatic carbocycles. The standard InChI is InChI=1S/C22H27BrN4O3/c1-13(2)30-21(29)26-11-22(12-26)15-9-14(23)7-8-18(15)27(20(22)28)10-19-24-16-5-3-4-6-17(16)25-19/h9,13H,3-8,10-12H2,1-2H3,(H,24,25). The number of aromatic amines is 1. The Morgan fingerprint density at radius 2 is 2.03 bits per heavy atom. The van der Waals surface area contributed by atoms with E-state index < -0.39 is 5.41 Å². The summed E-state index contributed by atoms with van der Waals surface area (Å²) in [6.45, 7) is 4.88. The fraction of sp³-hybridized carbons (Fsp3) is 0.591. The second-order valence-electron chi connectivity index (χ2n) is 9.03. The number of fused-ring (bicyclic) bond motifs is 2. The molecule has 7 nitrogen and oxygen atoms in total. The molecule has 4 aliphatic rings. The fourth-order valence-corrected chi connectivity index (χ4v) is 5.52. The quantitative estimate of drug-likeness (QED) is 0.722. The Morgan fingerprint density at radius 3 is 2.77 bits per heavy atom. The molecule has 2 aliphatic heterocycles. The number of nitrogens with one attached hydrogen (secondary N) is 1. The Kier molecular flexibility index (Phi) is 4.80. The van der Waals surface area contributed by atoms with Crippen LogP contribution in [0, 0.1) is 5.41 Å². The molecule has 0 atom stereocenters. The number of ether oxygens (including phenoxy) is 1. The smallest absolute Gasteiger partial charge is 0.410 e. The third kappa shape index (κ3) is 3.11. The van der Waals surface area contributed by atoms with Crippen molar-refractivity contribution in [2.75, 3.05) is 13.1 Å². The molecular formula is C22H27BrN4O3. The van der Waals surface area contributed by atoms with E-state index in [0.29, 0.717) is 19.6 Å². The molecule has 3 heterocycles. The van der Waals surface area contributed by atoms with E-state index in [2.05, 4.69) is 27.0 Å². The molecule has 0 radical (unpaired) electrons. The maximum absolute atomic E-state index is 13.6. The van der Waals surface area contributed by atoms with Crippen LogP contribution in [0.1, 0.15) is 56.7 Å². The van der Waals surface area contributed by atoms with Crippen molar-refractivity contribution in [3.63, 3.8) is 0 Å². The molecule has 1 fully saturated rings. The Morgan fingerprint density at radius 1 is 1.27 bits per heavy atom. The van der Waals surface area contributed by atoms with Gasteiger partial charge in [-0.3, -0.25) is 4.79 Å². The minimum absolute atomic E-state index is 0.0777. The predicted octanol–water partition coefficient (Wildman–Crippen LogP) is 3.80. The van der Waals surface area contributed by atoms with Gasteiger partial charge in [-0.15, -0.1) is 0 Å². The number of H-pyrrole nitrogens is 1. The number of aromatic nitrogens is 2. The molecule has 8 heteroatoms. The molecule has 2 aliphatic carbocycles. The second kappa shape index (κ2) is 7.25. The van der Waals surface area contributed by atoms with Crippen molar-refractivity contribution in [3.05, 3.63) is 39.0 Å². The molecule has 5 rings (SSSR count). The number of hydrogen-bond donors (Lipinski definition) is 1. The third-order valence-corrected chi connectivity index (χ3v) is 7.16. The van der Waals surface area contributed by atoms with Crippen LogP contribution in [-0.4, -0.2) is 51.0 Å². The van der Waals surface area contributed by atoms with Gasteiger partial charge < -0.3 is 19.5 Å². The minimum atomic E-state index is -0.656. The maximum Gasteiger partial charge on any atom is 0.410 e. The molecular weight excluding hydrogens is 448 g/mol. The van der Waals surface area contributed by atoms with Gasteiger partial charge in [0.1, 0.15) is 11.2 Å². The van der Waals surface area contributed by atoms with E-state index in [-0.39, 0.29) is 18.1 Å². The molecule has 0 bridgehead atoms. The number of likely N-dealkylation sites (tertiary alicyclic amines) is 1. The first-order valence-electron chi connectivity index (χ1n) is 10.8. The highest BCUT2D eigenvalue weighted by molar-refractivity contribution is 9.11. The monoisotopic (exact) mass is 474 g/mol. The van der Waals surface area contributed by atoms with Gasteiger partial charge in [0.2, 0.25) is 5.91 Å². The lowest BCUT2D eigenvalue weighted by Crippen LogP contribution is -2.63. The first-order chi connectivity index (χ1) is 14.4. The molecule has 0 saturated carbocycles. The highest BCUT2D eigenvalue weighted by Gasteiger charge is 2.60. The number of hydrogen-bond acceptors (Lipinski definition) is 4. The number of amides is 2. The summed E-state index contributed by atoms with van der Waals surface area (Å²) in [6.07, 6.45) is 7.70. The number of rotatable bonds is 3. The van der Waals surface area contributed by atoms with Crippen LogP contribution in [0.3, 0.4) is 0 Å². The largest absolute Gasteiger partial charge is 0.447 e. The van der Waals surface area contributed by atoms with Gasteiger partial charge in [0, 0.05) is 24.5 Å². The molecule has 160 valence electrons. The fourth-order valence-electron chi connectivity index (χ4n) is 5.10. The van der Waals surface area contributed by atoms with Crippen molar-refractivity contribution in [1.29, 1.82) is 0 Å². The zero-order chi connectivity index (χ0) is 21.0. The molecule has 1 spiro atoms. The summed E-state index contributed by atoms with van der Waals surface area (Å²) in [5.41, 5.74) is 3.86. The van der Waals surface area contributed by atoms with Crippen molar-refractivity contribution in [1.82, 2.24) is 19.8 Å². The summed E-state index contributed by atoms with van der Waals surface area (Å²) in [6, 6.07) is 0. The number of aryl methyl sites for hydroxylation is 2. The van der Waals surface area contributed by atoms with Crippen LogP contribution in [0.15, 0.2) is 21.8 Å². The third-order valence-electron chi connectivity index (χ3n) is 6.54. The zero-order valence-corrected chi connectivity index (χ0v) is 19.0. The molecule has 30 heavy (non-hydrogen) atoms. The first kappa shape index (κ1) is 19.8. The van der Waals surface area contributed by atoms with Gasteiger partial charge in [0.15, 0.2) is 0 Å². The Bertz CT molecular complexity index is 948. The van der Waals surface area contributed by atoms with Crippen LogP contribution in [0.2, 0.25) is 0 Å². The lowest BCUT2D eigenvalue weighted by atomic mass is 9.73. The normalized spacial score (nSPS) is 22.3. The van der Waals surface area contributed by atoms with E-state index in [0.717, 1.165) is 53.0 Å². The van der Waals surface area contributed by atoms with Crippen LogP contribution in [-0.2, 0) is 28.9 Å². The van der Waals surface area contributed by atoms with E-state index in [1.54, 1.807) is 4.90 Å². The Labute approximate surface area is 184 Å². The van der Waals surface area contributed by atoms with Gasteiger partial charge in [0.05, 0.1) is 18.3 Å². The molecule has 0 unspecified atom stereocenters. The van der Waals surface area contributed by atoms with E-state index >= 15 is 0 Å². The predicted molar refractivity (Wildman–Crippen MR) is 115 cm³/mol. The lowest BCUT2D eigenvalue weighted by Gasteiger charge is -2.47. The van der Waals surface area contributed by atoms with Crippen molar-refractivity contribution >= 4 is 27.9 Å². The highest BCUT2D eigenvalue weighted by Crippen LogP contribution is 2.52. The van der Waals surface area contributed by atoms with Crippen molar-refractivity contribution in [2.24, 2.45) is 5.41 Å². The summed E-state index contributed by atoms with van der Waals surface area (Å²) in [4.78, 5) is 37.7. The van der Waals surface area contributed by atoms with E-state index in [1.165, 1.54) is 18.5 Å². The maximum atomic E-state index is 13.6. The summed E-state index contributed by atoms with van der Waals surface area (Å²) < 4.78 is 6.43. The number of carbonyl (C=O) groups is 2. The average molecular weight is 475 g/mol. The number of carbonyl (C=O) groups excluding carboxylic acids is 2. The summed E-state index contributed by atoms with van der Waals surface area (Å²) in [7, 11) is 0. The first-order valence-corrected chi connectivity index (χ1v) is 11.6. The number of allylic oxidation sites excluding steroid dienone is 3. The van der Waals surface area contributed by atoms with Gasteiger partial charge in [-0.25, -0.2) is 9.78 Å². The average Bonchev–Trinajstić information content (AvgIpc) is 3.17. The van der Waals surface area contributed by atoms with Crippen LogP contribution >= 0.6 is 15.9 Å². The topological polar surface area (TPSA) is 78.5 Å². The van der Waals surface area contributed by atoms with Gasteiger partial charge in [-0.1, -0.05) is 15.9 Å². The Hall–Kier alpha value is -2.09. The molecule has 1 aromatic heterocycles. The molecule has 1 aromatic rings. The van der Waals surface area contributed by atoms with Crippen LogP contribution in [0.5, 0.6) is 0 Å². The molecule has 1 saturated heterocycles. The highest BCUT2D eigenvalue weighted by atomic mass is 79.9. The van der Waals surface area contributed by atoms with E-state index in [4.69, 9.17) is 9.72 Å². The number of imidazole rings is 1. The van der Waals surface area contributed by atoms with Crippen molar-refractivity contribution in [3.8, 4) is 0 Å². The van der Waals surface area contributed by atoms with Gasteiger partial charge in [0.25, 0.3) is 0 Å². The van der Waals surface area contributed by atoms with Gasteiger partial charge in [-0.2, -0.15) is 0 Å². The zero-order valence-electron chi connectivity index (χ0n) is 17.5. The molecule has 1 N–H and O–H groups in total. The number of halogens is 1. The summed E-state index contributed by atoms with van der Waals surface area (Å²) in [5, 5.41) is 0. The Balaban J connectivity index is 1.41. The van der Waals surface area contributed by atoms with Crippen LogP contribution in [0.4, 0.5) is 4.79 Å². The molecule has 2 amide bonds. The van der Waals surface area contributed by atoms with E-state index in [1.807, 2.05) is 18.7 Å².